The molecule has 1 saturated carbocycles. The summed E-state index contributed by atoms with van der Waals surface area (Å²) in [5.74, 6) is -0.119. The van der Waals surface area contributed by atoms with Gasteiger partial charge in [-0.25, -0.2) is 9.37 Å². The number of halogens is 1. The van der Waals surface area contributed by atoms with Crippen molar-refractivity contribution in [1.29, 1.82) is 0 Å². The van der Waals surface area contributed by atoms with E-state index >= 15 is 0 Å². The molecule has 0 bridgehead atoms. The number of imidazole rings is 1. The van der Waals surface area contributed by atoms with Gasteiger partial charge in [-0.1, -0.05) is 36.4 Å². The number of hydrogen-bond acceptors (Lipinski definition) is 2. The molecule has 1 aromatic heterocycles. The summed E-state index contributed by atoms with van der Waals surface area (Å²) in [6.45, 7) is 1.26. The van der Waals surface area contributed by atoms with Gasteiger partial charge in [0, 0.05) is 31.4 Å². The lowest BCUT2D eigenvalue weighted by molar-refractivity contribution is -0.122. The summed E-state index contributed by atoms with van der Waals surface area (Å²) in [5, 5.41) is 3.01. The Balaban J connectivity index is 1.32. The molecule has 2 aromatic carbocycles. The van der Waals surface area contributed by atoms with Crippen LogP contribution in [-0.4, -0.2) is 15.5 Å². The summed E-state index contributed by atoms with van der Waals surface area (Å²) in [5.41, 5.74) is 3.14. The minimum absolute atomic E-state index is 0.0410. The monoisotopic (exact) mass is 349 g/mol. The fourth-order valence-corrected chi connectivity index (χ4v) is 3.34. The topological polar surface area (TPSA) is 46.9 Å². The minimum atomic E-state index is -0.247. The van der Waals surface area contributed by atoms with Crippen molar-refractivity contribution in [1.82, 2.24) is 14.9 Å². The molecule has 3 aromatic rings. The molecule has 4 nitrogen and oxygen atoms in total. The van der Waals surface area contributed by atoms with E-state index in [1.807, 2.05) is 29.0 Å². The van der Waals surface area contributed by atoms with E-state index in [2.05, 4.69) is 22.4 Å². The van der Waals surface area contributed by atoms with Crippen LogP contribution in [0.15, 0.2) is 67.3 Å². The molecule has 132 valence electrons. The van der Waals surface area contributed by atoms with Crippen LogP contribution in [0, 0.1) is 11.7 Å². The number of nitrogens with zero attached hydrogens (tertiary/aromatic N) is 2. The van der Waals surface area contributed by atoms with Crippen molar-refractivity contribution in [3.63, 3.8) is 0 Å². The highest BCUT2D eigenvalue weighted by Crippen LogP contribution is 2.47. The molecule has 1 heterocycles. The lowest BCUT2D eigenvalue weighted by Crippen LogP contribution is -2.24. The zero-order chi connectivity index (χ0) is 17.9. The summed E-state index contributed by atoms with van der Waals surface area (Å²) in [4.78, 5) is 16.4. The van der Waals surface area contributed by atoms with Crippen LogP contribution in [0.5, 0.6) is 0 Å². The van der Waals surface area contributed by atoms with Crippen molar-refractivity contribution < 1.29 is 9.18 Å². The van der Waals surface area contributed by atoms with E-state index in [0.29, 0.717) is 6.54 Å². The summed E-state index contributed by atoms with van der Waals surface area (Å²) in [6, 6.07) is 14.7. The van der Waals surface area contributed by atoms with Gasteiger partial charge < -0.3 is 9.88 Å². The maximum atomic E-state index is 13.3. The number of hydrogen-bond donors (Lipinski definition) is 1. The van der Waals surface area contributed by atoms with Gasteiger partial charge in [0.1, 0.15) is 5.82 Å². The average molecular weight is 349 g/mol. The highest BCUT2D eigenvalue weighted by molar-refractivity contribution is 5.82. The van der Waals surface area contributed by atoms with Gasteiger partial charge in [-0.05, 0) is 41.2 Å². The second-order valence-electron chi connectivity index (χ2n) is 6.78. The quantitative estimate of drug-likeness (QED) is 0.740. The van der Waals surface area contributed by atoms with Gasteiger partial charge in [0.25, 0.3) is 0 Å². The van der Waals surface area contributed by atoms with Gasteiger partial charge >= 0.3 is 0 Å². The van der Waals surface area contributed by atoms with E-state index in [1.165, 1.54) is 17.7 Å². The highest BCUT2D eigenvalue weighted by atomic mass is 19.1. The smallest absolute Gasteiger partial charge is 0.224 e. The number of rotatable bonds is 6. The molecule has 1 N–H and O–H groups in total. The second-order valence-corrected chi connectivity index (χ2v) is 6.78. The first kappa shape index (κ1) is 16.5. The van der Waals surface area contributed by atoms with Gasteiger partial charge in [0.15, 0.2) is 0 Å². The molecule has 0 saturated heterocycles. The fourth-order valence-electron chi connectivity index (χ4n) is 3.34. The molecule has 4 rings (SSSR count). The van der Waals surface area contributed by atoms with Crippen molar-refractivity contribution in [3.05, 3.63) is 89.8 Å². The van der Waals surface area contributed by atoms with Crippen LogP contribution < -0.4 is 5.32 Å². The molecule has 1 amide bonds. The average Bonchev–Trinajstić information content (AvgIpc) is 3.30. The Morgan fingerprint density at radius 3 is 2.85 bits per heavy atom. The molecule has 1 fully saturated rings. The van der Waals surface area contributed by atoms with Crippen molar-refractivity contribution in [2.75, 3.05) is 0 Å². The van der Waals surface area contributed by atoms with E-state index < -0.39 is 0 Å². The third kappa shape index (κ3) is 3.82. The van der Waals surface area contributed by atoms with Gasteiger partial charge in [0.2, 0.25) is 5.91 Å². The Hall–Kier alpha value is -2.95. The SMILES string of the molecule is O=C(NCc1cccc(Cn2ccnc2)c1)[C@H]1C[C@@H]1c1cccc(F)c1. The maximum absolute atomic E-state index is 13.3. The molecule has 26 heavy (non-hydrogen) atoms. The maximum Gasteiger partial charge on any atom is 0.224 e. The minimum Gasteiger partial charge on any atom is -0.352 e. The lowest BCUT2D eigenvalue weighted by atomic mass is 10.1. The van der Waals surface area contributed by atoms with E-state index in [0.717, 1.165) is 24.1 Å². The zero-order valence-corrected chi connectivity index (χ0v) is 14.3. The van der Waals surface area contributed by atoms with E-state index in [1.54, 1.807) is 18.6 Å². The zero-order valence-electron chi connectivity index (χ0n) is 14.3. The molecule has 1 aliphatic rings. The molecule has 0 unspecified atom stereocenters. The number of carbonyl (C=O) groups is 1. The van der Waals surface area contributed by atoms with Crippen LogP contribution in [0.3, 0.4) is 0 Å². The summed E-state index contributed by atoms with van der Waals surface area (Å²) in [6.07, 6.45) is 6.26. The molecule has 0 radical (unpaired) electrons. The van der Waals surface area contributed by atoms with Crippen LogP contribution in [0.4, 0.5) is 4.39 Å². The molecule has 1 aliphatic carbocycles. The second kappa shape index (κ2) is 7.12. The first-order chi connectivity index (χ1) is 12.7. The first-order valence-corrected chi connectivity index (χ1v) is 8.76. The molecule has 2 atom stereocenters. The van der Waals surface area contributed by atoms with Gasteiger partial charge in [-0.15, -0.1) is 0 Å². The standard InChI is InChI=1S/C21H20FN3O/c22-18-6-2-5-17(10-18)19-11-20(19)21(26)24-12-15-3-1-4-16(9-15)13-25-8-7-23-14-25/h1-10,14,19-20H,11-13H2,(H,24,26)/t19-,20+/m1/s1. The predicted octanol–water partition coefficient (Wildman–Crippen LogP) is 3.49. The fraction of sp³-hybridized carbons (Fsp3) is 0.238. The number of carbonyl (C=O) groups excluding carboxylic acids is 1. The normalized spacial score (nSPS) is 18.5. The van der Waals surface area contributed by atoms with Crippen molar-refractivity contribution >= 4 is 5.91 Å². The third-order valence-electron chi connectivity index (χ3n) is 4.79. The summed E-state index contributed by atoms with van der Waals surface area (Å²) in [7, 11) is 0. The Labute approximate surface area is 151 Å². The van der Waals surface area contributed by atoms with Crippen LogP contribution in [0.1, 0.15) is 29.0 Å². The Bertz CT molecular complexity index is 907. The molecular formula is C21H20FN3O. The number of amides is 1. The van der Waals surface area contributed by atoms with Gasteiger partial charge in [-0.2, -0.15) is 0 Å². The Morgan fingerprint density at radius 1 is 1.19 bits per heavy atom. The largest absolute Gasteiger partial charge is 0.352 e. The van der Waals surface area contributed by atoms with Crippen LogP contribution in [-0.2, 0) is 17.9 Å². The van der Waals surface area contributed by atoms with E-state index in [-0.39, 0.29) is 23.6 Å². The van der Waals surface area contributed by atoms with Gasteiger partial charge in [0.05, 0.1) is 6.33 Å². The van der Waals surface area contributed by atoms with Crippen molar-refractivity contribution in [2.45, 2.75) is 25.4 Å². The Kier molecular flexibility index (Phi) is 4.52. The van der Waals surface area contributed by atoms with Crippen molar-refractivity contribution in [2.24, 2.45) is 5.92 Å². The number of benzene rings is 2. The Morgan fingerprint density at radius 2 is 2.04 bits per heavy atom. The number of aromatic nitrogens is 2. The molecule has 0 spiro atoms. The molecule has 0 aliphatic heterocycles. The predicted molar refractivity (Wildman–Crippen MR) is 96.9 cm³/mol. The summed E-state index contributed by atoms with van der Waals surface area (Å²) >= 11 is 0. The van der Waals surface area contributed by atoms with E-state index in [9.17, 15) is 9.18 Å². The molecule has 5 heteroatoms. The van der Waals surface area contributed by atoms with Crippen LogP contribution >= 0.6 is 0 Å². The summed E-state index contributed by atoms with van der Waals surface area (Å²) < 4.78 is 15.3. The number of nitrogens with one attached hydrogen (secondary N) is 1. The van der Waals surface area contributed by atoms with Crippen LogP contribution in [0.25, 0.3) is 0 Å². The van der Waals surface area contributed by atoms with Gasteiger partial charge in [-0.3, -0.25) is 4.79 Å². The third-order valence-corrected chi connectivity index (χ3v) is 4.79. The van der Waals surface area contributed by atoms with E-state index in [4.69, 9.17) is 0 Å². The molecular weight excluding hydrogens is 329 g/mol. The lowest BCUT2D eigenvalue weighted by Gasteiger charge is -2.08. The highest BCUT2D eigenvalue weighted by Gasteiger charge is 2.43. The van der Waals surface area contributed by atoms with Crippen LogP contribution in [0.2, 0.25) is 0 Å². The first-order valence-electron chi connectivity index (χ1n) is 8.76. The van der Waals surface area contributed by atoms with Crippen molar-refractivity contribution in [3.8, 4) is 0 Å².